The van der Waals surface area contributed by atoms with Gasteiger partial charge in [-0.15, -0.1) is 0 Å². The van der Waals surface area contributed by atoms with Crippen molar-refractivity contribution < 1.29 is 55.4 Å². The van der Waals surface area contributed by atoms with E-state index in [-0.39, 0.29) is 17.0 Å². The zero-order chi connectivity index (χ0) is 22.0. The molecule has 0 saturated carbocycles. The van der Waals surface area contributed by atoms with Crippen molar-refractivity contribution in [3.05, 3.63) is 24.0 Å². The summed E-state index contributed by atoms with van der Waals surface area (Å²) in [6.07, 6.45) is -4.71. The highest BCUT2D eigenvalue weighted by Crippen LogP contribution is 2.65. The summed E-state index contributed by atoms with van der Waals surface area (Å²) in [5.74, 6) is 0.174. The van der Waals surface area contributed by atoms with E-state index >= 15 is 0 Å². The third-order valence-electron chi connectivity index (χ3n) is 3.10. The number of hydrogen-bond acceptors (Lipinski definition) is 9. The van der Waals surface area contributed by atoms with Crippen molar-refractivity contribution in [1.82, 2.24) is 14.6 Å². The molecule has 0 saturated heterocycles. The Morgan fingerprint density at radius 1 is 1.17 bits per heavy atom. The molecule has 0 radical (unpaired) electrons. The van der Waals surface area contributed by atoms with Gasteiger partial charge in [-0.05, 0) is 6.07 Å². The molecule has 0 fully saturated rings. The minimum atomic E-state index is -5.69. The summed E-state index contributed by atoms with van der Waals surface area (Å²) in [5, 5.41) is 3.86. The fraction of sp³-hybridized carbons (Fsp3) is 0.400. The van der Waals surface area contributed by atoms with E-state index in [1.807, 2.05) is 0 Å². The van der Waals surface area contributed by atoms with Crippen molar-refractivity contribution in [3.8, 4) is 0 Å². The molecule has 14 nitrogen and oxygen atoms in total. The lowest BCUT2D eigenvalue weighted by Gasteiger charge is -2.20. The van der Waals surface area contributed by atoms with Crippen LogP contribution in [0.1, 0.15) is 5.56 Å². The summed E-state index contributed by atoms with van der Waals surface area (Å²) >= 11 is 0. The van der Waals surface area contributed by atoms with Crippen LogP contribution in [0.5, 0.6) is 0 Å². The second-order valence-electron chi connectivity index (χ2n) is 5.41. The summed E-state index contributed by atoms with van der Waals surface area (Å²) in [6, 6.07) is 1.41. The van der Waals surface area contributed by atoms with E-state index in [1.165, 1.54) is 23.0 Å². The Morgan fingerprint density at radius 3 is 2.41 bits per heavy atom. The van der Waals surface area contributed by atoms with E-state index in [9.17, 15) is 27.4 Å². The van der Waals surface area contributed by atoms with Crippen molar-refractivity contribution in [1.29, 1.82) is 0 Å². The highest BCUT2D eigenvalue weighted by atomic mass is 31.3. The Labute approximate surface area is 160 Å². The first-order valence-corrected chi connectivity index (χ1v) is 12.1. The molecule has 0 amide bonds. The zero-order valence-electron chi connectivity index (χ0n) is 14.1. The highest BCUT2D eigenvalue weighted by Gasteiger charge is 2.40. The van der Waals surface area contributed by atoms with Crippen LogP contribution in [0, 0.1) is 0 Å². The normalized spacial score (nSPS) is 17.9. The molecule has 2 rings (SSSR count). The van der Waals surface area contributed by atoms with Gasteiger partial charge in [-0.25, -0.2) is 27.2 Å². The molecular formula is C10H15F2N4O10P3. The highest BCUT2D eigenvalue weighted by molar-refractivity contribution is 7.68. The van der Waals surface area contributed by atoms with E-state index in [0.29, 0.717) is 0 Å². The number of nitrogens with zero attached hydrogens (tertiary/aromatic N) is 3. The molecule has 0 spiro atoms. The standard InChI is InChI=1S/C10H15F2N4O10P3/c11-9(12)7(3-6-4-15-16-8(13)1-2-14-10(6)16)24-5-27(17,18)25-29(22,23)26-28(19,20)21/h1-2,4,7,9H,3,5,13H2,(H,17,18)(H,22,23)(H2,19,20,21)/t7-/m1/s1. The second-order valence-corrected chi connectivity index (χ2v) is 10.2. The predicted octanol–water partition coefficient (Wildman–Crippen LogP) is 0.873. The first-order chi connectivity index (χ1) is 13.2. The van der Waals surface area contributed by atoms with Crippen molar-refractivity contribution in [2.45, 2.75) is 19.0 Å². The summed E-state index contributed by atoms with van der Waals surface area (Å²) < 4.78 is 73.0. The molecule has 29 heavy (non-hydrogen) atoms. The number of ether oxygens (including phenoxy) is 1. The number of alkyl halides is 2. The van der Waals surface area contributed by atoms with Crippen molar-refractivity contribution in [2.24, 2.45) is 0 Å². The predicted molar refractivity (Wildman–Crippen MR) is 90.7 cm³/mol. The number of phosphoric acid groups is 2. The zero-order valence-corrected chi connectivity index (χ0v) is 16.7. The molecule has 19 heteroatoms. The van der Waals surface area contributed by atoms with Gasteiger partial charge in [-0.3, -0.25) is 4.57 Å². The van der Waals surface area contributed by atoms with Crippen LogP contribution >= 0.6 is 23.2 Å². The Balaban J connectivity index is 2.08. The molecule has 0 aliphatic heterocycles. The molecular weight excluding hydrogens is 467 g/mol. The minimum Gasteiger partial charge on any atom is -0.384 e. The van der Waals surface area contributed by atoms with Crippen LogP contribution in [0.2, 0.25) is 0 Å². The molecule has 2 unspecified atom stereocenters. The second kappa shape index (κ2) is 8.82. The third-order valence-corrected chi connectivity index (χ3v) is 7.10. The lowest BCUT2D eigenvalue weighted by atomic mass is 10.1. The number of rotatable bonds is 10. The van der Waals surface area contributed by atoms with Crippen LogP contribution < -0.4 is 5.73 Å². The van der Waals surface area contributed by atoms with Crippen molar-refractivity contribution in [3.63, 3.8) is 0 Å². The van der Waals surface area contributed by atoms with E-state index in [4.69, 9.17) is 20.4 Å². The summed E-state index contributed by atoms with van der Waals surface area (Å²) in [7, 11) is -16.5. The number of hydrogen-bond donors (Lipinski definition) is 5. The largest absolute Gasteiger partial charge is 0.488 e. The maximum absolute atomic E-state index is 13.3. The monoisotopic (exact) mass is 482 g/mol. The van der Waals surface area contributed by atoms with Gasteiger partial charge >= 0.3 is 23.2 Å². The molecule has 0 bridgehead atoms. The van der Waals surface area contributed by atoms with Gasteiger partial charge in [-0.1, -0.05) is 0 Å². The summed E-state index contributed by atoms with van der Waals surface area (Å²) in [6.45, 7) is 0. The third kappa shape index (κ3) is 7.15. The SMILES string of the molecule is Nc1ccnc2c(C[C@@H](OCP(=O)(O)OP(=O)(O)OP(=O)(O)O)C(F)F)cnn12. The van der Waals surface area contributed by atoms with Crippen molar-refractivity contribution >= 4 is 34.7 Å². The van der Waals surface area contributed by atoms with Gasteiger partial charge in [0, 0.05) is 18.2 Å². The average molecular weight is 482 g/mol. The molecule has 2 heterocycles. The number of halogens is 2. The molecule has 0 aliphatic rings. The Bertz CT molecular complexity index is 1010. The number of anilines is 1. The lowest BCUT2D eigenvalue weighted by Crippen LogP contribution is -2.25. The smallest absolute Gasteiger partial charge is 0.384 e. The molecule has 3 atom stereocenters. The maximum Gasteiger partial charge on any atom is 0.488 e. The van der Waals surface area contributed by atoms with Gasteiger partial charge in [0.2, 0.25) is 0 Å². The summed E-state index contributed by atoms with van der Waals surface area (Å²) in [5.41, 5.74) is 5.95. The van der Waals surface area contributed by atoms with Crippen molar-refractivity contribution in [2.75, 3.05) is 12.1 Å². The van der Waals surface area contributed by atoms with Crippen LogP contribution in [0.15, 0.2) is 18.5 Å². The van der Waals surface area contributed by atoms with Gasteiger partial charge in [0.05, 0.1) is 6.20 Å². The fourth-order valence-electron chi connectivity index (χ4n) is 2.06. The summed E-state index contributed by atoms with van der Waals surface area (Å²) in [4.78, 5) is 39.4. The fourth-order valence-corrected chi connectivity index (χ4v) is 5.38. The van der Waals surface area contributed by atoms with E-state index < -0.39 is 48.5 Å². The van der Waals surface area contributed by atoms with E-state index in [2.05, 4.69) is 23.4 Å². The van der Waals surface area contributed by atoms with Gasteiger partial charge < -0.3 is 30.0 Å². The molecule has 0 aliphatic carbocycles. The van der Waals surface area contributed by atoms with Crippen LogP contribution in [0.3, 0.4) is 0 Å². The Kier molecular flexibility index (Phi) is 7.29. The Morgan fingerprint density at radius 2 is 1.83 bits per heavy atom. The number of fused-ring (bicyclic) bond motifs is 1. The van der Waals surface area contributed by atoms with E-state index in [0.717, 1.165) is 0 Å². The van der Waals surface area contributed by atoms with Gasteiger partial charge in [0.1, 0.15) is 18.3 Å². The molecule has 6 N–H and O–H groups in total. The van der Waals surface area contributed by atoms with Crippen LogP contribution in [-0.4, -0.2) is 53.0 Å². The van der Waals surface area contributed by atoms with E-state index in [1.54, 1.807) is 0 Å². The number of nitrogen functional groups attached to an aromatic ring is 1. The Hall–Kier alpha value is -1.31. The minimum absolute atomic E-state index is 0.137. The maximum atomic E-state index is 13.3. The quantitative estimate of drug-likeness (QED) is 0.298. The average Bonchev–Trinajstić information content (AvgIpc) is 2.92. The lowest BCUT2D eigenvalue weighted by molar-refractivity contribution is -0.0425. The molecule has 2 aromatic heterocycles. The number of aromatic nitrogens is 3. The first-order valence-electron chi connectivity index (χ1n) is 7.29. The van der Waals surface area contributed by atoms with Gasteiger partial charge in [0.25, 0.3) is 6.43 Å². The topological polar surface area (TPSA) is 216 Å². The van der Waals surface area contributed by atoms with Crippen LogP contribution in [0.25, 0.3) is 5.65 Å². The van der Waals surface area contributed by atoms with Crippen LogP contribution in [0.4, 0.5) is 14.6 Å². The molecule has 164 valence electrons. The molecule has 2 aromatic rings. The number of nitrogens with two attached hydrogens (primary N) is 1. The van der Waals surface area contributed by atoms with Crippen LogP contribution in [-0.2, 0) is 33.5 Å². The molecule has 0 aromatic carbocycles. The van der Waals surface area contributed by atoms with Gasteiger partial charge in [-0.2, -0.15) is 13.9 Å². The first kappa shape index (κ1) is 24.0. The van der Waals surface area contributed by atoms with Gasteiger partial charge in [0.15, 0.2) is 5.65 Å².